The lowest BCUT2D eigenvalue weighted by Crippen LogP contribution is -2.61. The number of aromatic hydroxyl groups is 4. The fraction of sp³-hybridized carbons (Fsp3) is 0.519. The van der Waals surface area contributed by atoms with Crippen molar-refractivity contribution in [1.82, 2.24) is 0 Å². The van der Waals surface area contributed by atoms with Crippen molar-refractivity contribution in [2.75, 3.05) is 6.61 Å². The fourth-order valence-corrected chi connectivity index (χ4v) is 4.67. The Labute approximate surface area is 239 Å². The number of phenolic OH excluding ortho intramolecular Hbond substituents is 4. The lowest BCUT2D eigenvalue weighted by atomic mass is 9.98. The number of ketones is 1. The maximum atomic E-state index is 12.7. The zero-order valence-corrected chi connectivity index (χ0v) is 22.3. The van der Waals surface area contributed by atoms with E-state index in [2.05, 4.69) is 0 Å². The Morgan fingerprint density at radius 2 is 1.36 bits per heavy atom. The summed E-state index contributed by atoms with van der Waals surface area (Å²) < 4.78 is 21.7. The van der Waals surface area contributed by atoms with E-state index < -0.39 is 90.9 Å². The molecule has 0 saturated carbocycles. The average Bonchev–Trinajstić information content (AvgIpc) is 2.94. The number of phenols is 4. The molecule has 2 fully saturated rings. The van der Waals surface area contributed by atoms with Crippen LogP contribution in [-0.4, -0.2) is 125 Å². The number of aryl methyl sites for hydroxylation is 1. The van der Waals surface area contributed by atoms with E-state index >= 15 is 0 Å². The highest BCUT2D eigenvalue weighted by Gasteiger charge is 2.47. The third-order valence-electron chi connectivity index (χ3n) is 7.18. The first-order valence-corrected chi connectivity index (χ1v) is 13.1. The van der Waals surface area contributed by atoms with Gasteiger partial charge in [0.05, 0.1) is 12.7 Å². The average molecular weight is 599 g/mol. The predicted molar refractivity (Wildman–Crippen MR) is 138 cm³/mol. The molecule has 42 heavy (non-hydrogen) atoms. The minimum absolute atomic E-state index is 0.122. The van der Waals surface area contributed by atoms with Crippen LogP contribution in [0.5, 0.6) is 28.7 Å². The van der Waals surface area contributed by atoms with Crippen molar-refractivity contribution >= 4 is 5.78 Å². The zero-order chi connectivity index (χ0) is 30.9. The van der Waals surface area contributed by atoms with Crippen LogP contribution in [-0.2, 0) is 20.6 Å². The van der Waals surface area contributed by atoms with Crippen molar-refractivity contribution in [3.8, 4) is 28.7 Å². The van der Waals surface area contributed by atoms with Gasteiger partial charge in [-0.1, -0.05) is 6.07 Å². The monoisotopic (exact) mass is 598 g/mol. The summed E-state index contributed by atoms with van der Waals surface area (Å²) in [5.41, 5.74) is 0.109. The van der Waals surface area contributed by atoms with Gasteiger partial charge in [-0.2, -0.15) is 0 Å². The van der Waals surface area contributed by atoms with E-state index in [-0.39, 0.29) is 30.1 Å². The minimum Gasteiger partial charge on any atom is -0.507 e. The number of benzene rings is 2. The van der Waals surface area contributed by atoms with Gasteiger partial charge in [0.2, 0.25) is 6.29 Å². The van der Waals surface area contributed by atoms with Gasteiger partial charge in [0, 0.05) is 18.6 Å². The summed E-state index contributed by atoms with van der Waals surface area (Å²) in [4.78, 5) is 12.7. The molecule has 0 aromatic heterocycles. The molecule has 0 amide bonds. The van der Waals surface area contributed by atoms with Gasteiger partial charge in [-0.05, 0) is 31.0 Å². The van der Waals surface area contributed by atoms with Gasteiger partial charge in [-0.15, -0.1) is 0 Å². The number of rotatable bonds is 9. The molecule has 0 spiro atoms. The molecule has 2 aliphatic heterocycles. The first-order valence-electron chi connectivity index (χ1n) is 13.1. The van der Waals surface area contributed by atoms with E-state index in [1.165, 1.54) is 25.1 Å². The van der Waals surface area contributed by atoms with E-state index in [1.807, 2.05) is 0 Å². The highest BCUT2D eigenvalue weighted by molar-refractivity contribution is 6.01. The normalized spacial score (nSPS) is 33.3. The summed E-state index contributed by atoms with van der Waals surface area (Å²) in [6.07, 6.45) is -15.3. The topological polar surface area (TPSA) is 256 Å². The van der Waals surface area contributed by atoms with Gasteiger partial charge >= 0.3 is 0 Å². The molecule has 2 aromatic rings. The SMILES string of the molecule is C[C@@H]1O[C@@H](OC[C@H]2O[C@@H](Oc3cc(O)c(C(=O)CCc4ccc(O)c(O)c4)c(O)c3)[C@H](O)[C@@H](O)[C@@H]2O)[C@H](O)[C@H](O)[C@H]1O. The number of carbonyl (C=O) groups excluding carboxylic acids is 1. The Bertz CT molecular complexity index is 1230. The number of carbonyl (C=O) groups is 1. The van der Waals surface area contributed by atoms with Crippen molar-refractivity contribution in [2.45, 2.75) is 81.2 Å². The summed E-state index contributed by atoms with van der Waals surface area (Å²) in [6.45, 7) is 0.919. The van der Waals surface area contributed by atoms with E-state index in [9.17, 15) is 55.9 Å². The number of ether oxygens (including phenoxy) is 4. The molecule has 232 valence electrons. The summed E-state index contributed by atoms with van der Waals surface area (Å²) in [5.74, 6) is -2.92. The highest BCUT2D eigenvalue weighted by atomic mass is 16.7. The number of hydrogen-bond acceptors (Lipinski definition) is 15. The summed E-state index contributed by atoms with van der Waals surface area (Å²) in [7, 11) is 0. The Hall–Kier alpha value is -3.25. The first-order chi connectivity index (χ1) is 19.8. The maximum Gasteiger partial charge on any atom is 0.229 e. The molecule has 15 heteroatoms. The van der Waals surface area contributed by atoms with Gasteiger partial charge < -0.3 is 70.0 Å². The quantitative estimate of drug-likeness (QED) is 0.115. The number of aliphatic hydroxyl groups is 6. The molecule has 2 aromatic carbocycles. The predicted octanol–water partition coefficient (Wildman–Crippen LogP) is -1.65. The van der Waals surface area contributed by atoms with Crippen LogP contribution < -0.4 is 4.74 Å². The molecule has 2 aliphatic rings. The van der Waals surface area contributed by atoms with Gasteiger partial charge in [0.25, 0.3) is 0 Å². The maximum absolute atomic E-state index is 12.7. The summed E-state index contributed by atoms with van der Waals surface area (Å²) in [6, 6.07) is 5.97. The second-order valence-corrected chi connectivity index (χ2v) is 10.2. The molecule has 0 bridgehead atoms. The number of aliphatic hydroxyl groups excluding tert-OH is 6. The Balaban J connectivity index is 1.40. The molecule has 15 nitrogen and oxygen atoms in total. The van der Waals surface area contributed by atoms with E-state index in [0.717, 1.165) is 12.1 Å². The number of Topliss-reactive ketones (excluding diaryl/α,β-unsaturated/α-hetero) is 1. The largest absolute Gasteiger partial charge is 0.507 e. The van der Waals surface area contributed by atoms with Crippen LogP contribution >= 0.6 is 0 Å². The van der Waals surface area contributed by atoms with Crippen molar-refractivity contribution in [1.29, 1.82) is 0 Å². The lowest BCUT2D eigenvalue weighted by Gasteiger charge is -2.42. The summed E-state index contributed by atoms with van der Waals surface area (Å²) >= 11 is 0. The van der Waals surface area contributed by atoms with Crippen LogP contribution in [0.15, 0.2) is 30.3 Å². The molecule has 10 N–H and O–H groups in total. The second-order valence-electron chi connectivity index (χ2n) is 10.2. The van der Waals surface area contributed by atoms with Crippen LogP contribution in [0.1, 0.15) is 29.3 Å². The van der Waals surface area contributed by atoms with Crippen LogP contribution in [0.2, 0.25) is 0 Å². The molecule has 2 saturated heterocycles. The van der Waals surface area contributed by atoms with Gasteiger partial charge in [0.1, 0.15) is 65.5 Å². The molecule has 2 heterocycles. The molecule has 0 unspecified atom stereocenters. The first kappa shape index (κ1) is 31.7. The van der Waals surface area contributed by atoms with E-state index in [0.29, 0.717) is 5.56 Å². The van der Waals surface area contributed by atoms with Gasteiger partial charge in [0.15, 0.2) is 23.6 Å². The van der Waals surface area contributed by atoms with E-state index in [1.54, 1.807) is 0 Å². The third-order valence-corrected chi connectivity index (χ3v) is 7.18. The molecule has 10 atom stereocenters. The van der Waals surface area contributed by atoms with Crippen molar-refractivity contribution in [2.24, 2.45) is 0 Å². The Morgan fingerprint density at radius 1 is 0.738 bits per heavy atom. The molecule has 4 rings (SSSR count). The van der Waals surface area contributed by atoms with Crippen molar-refractivity contribution in [3.63, 3.8) is 0 Å². The smallest absolute Gasteiger partial charge is 0.229 e. The fourth-order valence-electron chi connectivity index (χ4n) is 4.67. The minimum atomic E-state index is -1.81. The Kier molecular flexibility index (Phi) is 9.77. The van der Waals surface area contributed by atoms with Gasteiger partial charge in [-0.3, -0.25) is 4.79 Å². The Morgan fingerprint density at radius 3 is 2.00 bits per heavy atom. The number of hydrogen-bond donors (Lipinski definition) is 10. The van der Waals surface area contributed by atoms with Crippen LogP contribution in [0.3, 0.4) is 0 Å². The lowest BCUT2D eigenvalue weighted by molar-refractivity contribution is -0.318. The van der Waals surface area contributed by atoms with Gasteiger partial charge in [-0.25, -0.2) is 0 Å². The third kappa shape index (κ3) is 6.70. The molecule has 0 radical (unpaired) electrons. The standard InChI is InChI=1S/C27H34O15/c1-10-20(33)22(35)24(37)26(40-10)39-9-18-21(34)23(36)25(38)27(42-18)41-12-7-16(31)19(17(32)8-12)14(29)5-3-11-2-4-13(28)15(30)6-11/h2,4,6-8,10,18,20-28,30-38H,3,5,9H2,1H3/t10-,18+,20-,21+,22+,23-,24+,25+,26+,27+/m0/s1. The molecular weight excluding hydrogens is 564 g/mol. The van der Waals surface area contributed by atoms with Crippen LogP contribution in [0.25, 0.3) is 0 Å². The van der Waals surface area contributed by atoms with Crippen LogP contribution in [0.4, 0.5) is 0 Å². The molecule has 0 aliphatic carbocycles. The van der Waals surface area contributed by atoms with E-state index in [4.69, 9.17) is 18.9 Å². The second kappa shape index (κ2) is 12.9. The highest BCUT2D eigenvalue weighted by Crippen LogP contribution is 2.36. The van der Waals surface area contributed by atoms with Crippen molar-refractivity contribution in [3.05, 3.63) is 41.5 Å². The zero-order valence-electron chi connectivity index (χ0n) is 22.3. The van der Waals surface area contributed by atoms with Crippen LogP contribution in [0, 0.1) is 0 Å². The van der Waals surface area contributed by atoms with Crippen molar-refractivity contribution < 1.29 is 74.8 Å². The summed E-state index contributed by atoms with van der Waals surface area (Å²) in [5, 5.41) is 101. The molecular formula is C27H34O15.